The van der Waals surface area contributed by atoms with Gasteiger partial charge in [-0.25, -0.2) is 4.98 Å². The van der Waals surface area contributed by atoms with Crippen molar-refractivity contribution >= 4 is 56.8 Å². The van der Waals surface area contributed by atoms with Crippen LogP contribution < -0.4 is 27.0 Å². The molecule has 0 saturated heterocycles. The lowest BCUT2D eigenvalue weighted by Gasteiger charge is -2.22. The molecule has 4 amide bonds. The van der Waals surface area contributed by atoms with Crippen LogP contribution >= 0.6 is 11.3 Å². The number of ether oxygens (including phenoxy) is 1. The van der Waals surface area contributed by atoms with Crippen LogP contribution in [0.15, 0.2) is 18.2 Å². The van der Waals surface area contributed by atoms with Gasteiger partial charge in [-0.3, -0.25) is 24.0 Å². The lowest BCUT2D eigenvalue weighted by atomic mass is 10.1. The van der Waals surface area contributed by atoms with E-state index in [1.165, 1.54) is 18.4 Å². The van der Waals surface area contributed by atoms with E-state index < -0.39 is 48.1 Å². The van der Waals surface area contributed by atoms with E-state index in [4.69, 9.17) is 11.0 Å². The van der Waals surface area contributed by atoms with E-state index in [1.807, 2.05) is 6.07 Å². The Morgan fingerprint density at radius 3 is 2.56 bits per heavy atom. The molecule has 0 spiro atoms. The quantitative estimate of drug-likeness (QED) is 0.148. The zero-order valence-electron chi connectivity index (χ0n) is 21.3. The summed E-state index contributed by atoms with van der Waals surface area (Å²) in [5.74, 6) is -3.82. The standard InChI is InChI=1S/C24H31N7O7S/c1-38-13-20(33)27-9-7-19(32)29-17(11-22(34)35)24(37)31-16(4-2-3-8-25)23(36)28-14-5-6-15-18(10-14)39-21(12-26)30-15/h5-6,10,16-17H,2-4,7-9,11,13,25H2,1H3,(H,27,33)(H,28,36)(H,29,32)(H,31,37)(H,34,35)/t16-,17-/m0/s1. The van der Waals surface area contributed by atoms with Crippen molar-refractivity contribution in [1.29, 1.82) is 5.26 Å². The fraction of sp³-hybridized carbons (Fsp3) is 0.458. The van der Waals surface area contributed by atoms with Crippen molar-refractivity contribution in [3.8, 4) is 6.07 Å². The van der Waals surface area contributed by atoms with Gasteiger partial charge in [-0.2, -0.15) is 5.26 Å². The third-order valence-electron chi connectivity index (χ3n) is 5.31. The second kappa shape index (κ2) is 16.0. The number of aromatic nitrogens is 1. The summed E-state index contributed by atoms with van der Waals surface area (Å²) < 4.78 is 5.36. The maximum atomic E-state index is 13.1. The van der Waals surface area contributed by atoms with E-state index in [0.717, 1.165) is 0 Å². The van der Waals surface area contributed by atoms with Gasteiger partial charge in [-0.15, -0.1) is 11.3 Å². The molecule has 14 nitrogen and oxygen atoms in total. The summed E-state index contributed by atoms with van der Waals surface area (Å²) in [7, 11) is 1.34. The number of rotatable bonds is 16. The molecule has 1 aromatic heterocycles. The number of nitrogens with one attached hydrogen (secondary N) is 4. The third-order valence-corrected chi connectivity index (χ3v) is 6.23. The molecule has 39 heavy (non-hydrogen) atoms. The van der Waals surface area contributed by atoms with Gasteiger partial charge in [0.1, 0.15) is 24.8 Å². The van der Waals surface area contributed by atoms with Gasteiger partial charge in [-0.05, 0) is 44.0 Å². The molecule has 2 atom stereocenters. The number of carbonyl (C=O) groups excluding carboxylic acids is 4. The number of unbranched alkanes of at least 4 members (excludes halogenated alkanes) is 1. The summed E-state index contributed by atoms with van der Waals surface area (Å²) >= 11 is 1.17. The third kappa shape index (κ3) is 10.6. The predicted molar refractivity (Wildman–Crippen MR) is 141 cm³/mol. The molecule has 15 heteroatoms. The molecule has 0 bridgehead atoms. The SMILES string of the molecule is COCC(=O)NCCC(=O)N[C@@H](CC(=O)O)C(=O)N[C@@H](CCCCN)C(=O)Nc1ccc2nc(C#N)sc2c1. The molecule has 0 saturated carbocycles. The minimum Gasteiger partial charge on any atom is -0.481 e. The average Bonchev–Trinajstić information content (AvgIpc) is 3.30. The van der Waals surface area contributed by atoms with E-state index in [1.54, 1.807) is 18.2 Å². The smallest absolute Gasteiger partial charge is 0.305 e. The average molecular weight is 562 g/mol. The maximum absolute atomic E-state index is 13.1. The highest BCUT2D eigenvalue weighted by molar-refractivity contribution is 7.19. The summed E-state index contributed by atoms with van der Waals surface area (Å²) in [6, 6.07) is 4.39. The van der Waals surface area contributed by atoms with E-state index in [9.17, 15) is 29.1 Å². The molecule has 2 rings (SSSR count). The van der Waals surface area contributed by atoms with Crippen LogP contribution in [-0.2, 0) is 28.7 Å². The Kier molecular flexibility index (Phi) is 12.7. The van der Waals surface area contributed by atoms with Gasteiger partial charge >= 0.3 is 5.97 Å². The van der Waals surface area contributed by atoms with Crippen LogP contribution in [0.25, 0.3) is 10.2 Å². The van der Waals surface area contributed by atoms with Crippen LogP contribution in [0, 0.1) is 11.3 Å². The first-order valence-electron chi connectivity index (χ1n) is 12.1. The lowest BCUT2D eigenvalue weighted by molar-refractivity contribution is -0.140. The largest absolute Gasteiger partial charge is 0.481 e. The Hall–Kier alpha value is -4.13. The number of methoxy groups -OCH3 is 1. The van der Waals surface area contributed by atoms with Crippen molar-refractivity contribution in [3.05, 3.63) is 23.2 Å². The summed E-state index contributed by atoms with van der Waals surface area (Å²) in [4.78, 5) is 65.3. The van der Waals surface area contributed by atoms with Crippen molar-refractivity contribution in [1.82, 2.24) is 20.9 Å². The highest BCUT2D eigenvalue weighted by Gasteiger charge is 2.28. The monoisotopic (exact) mass is 561 g/mol. The second-order valence-corrected chi connectivity index (χ2v) is 9.43. The molecule has 7 N–H and O–H groups in total. The number of thiazole rings is 1. The fourth-order valence-electron chi connectivity index (χ4n) is 3.46. The van der Waals surface area contributed by atoms with Gasteiger partial charge in [0, 0.05) is 25.8 Å². The Morgan fingerprint density at radius 1 is 1.13 bits per heavy atom. The van der Waals surface area contributed by atoms with E-state index in [2.05, 4.69) is 31.0 Å². The molecular formula is C24H31N7O7S. The number of hydrogen-bond donors (Lipinski definition) is 6. The number of carbonyl (C=O) groups is 5. The number of carboxylic acids is 1. The zero-order chi connectivity index (χ0) is 28.8. The molecule has 210 valence electrons. The van der Waals surface area contributed by atoms with Crippen LogP contribution in [0.5, 0.6) is 0 Å². The Balaban J connectivity index is 2.08. The van der Waals surface area contributed by atoms with Crippen molar-refractivity contribution in [2.45, 2.75) is 44.2 Å². The van der Waals surface area contributed by atoms with Gasteiger partial charge < -0.3 is 36.8 Å². The van der Waals surface area contributed by atoms with E-state index in [-0.39, 0.29) is 31.0 Å². The lowest BCUT2D eigenvalue weighted by Crippen LogP contribution is -2.53. The number of hydrogen-bond acceptors (Lipinski definition) is 10. The Morgan fingerprint density at radius 2 is 1.90 bits per heavy atom. The molecule has 0 fully saturated rings. The van der Waals surface area contributed by atoms with Gasteiger partial charge in [0.15, 0.2) is 5.01 Å². The number of nitrogens with two attached hydrogens (primary N) is 1. The summed E-state index contributed by atoms with van der Waals surface area (Å²) in [6.07, 6.45) is 0.398. The van der Waals surface area contributed by atoms with Crippen molar-refractivity contribution in [2.24, 2.45) is 5.73 Å². The summed E-state index contributed by atoms with van der Waals surface area (Å²) in [6.45, 7) is 0.155. The van der Waals surface area contributed by atoms with Crippen molar-refractivity contribution in [3.63, 3.8) is 0 Å². The summed E-state index contributed by atoms with van der Waals surface area (Å²) in [5.41, 5.74) is 6.58. The number of nitriles is 1. The number of anilines is 1. The van der Waals surface area contributed by atoms with Crippen LogP contribution in [-0.4, -0.2) is 78.6 Å². The van der Waals surface area contributed by atoms with Crippen LogP contribution in [0.3, 0.4) is 0 Å². The van der Waals surface area contributed by atoms with Gasteiger partial charge in [0.25, 0.3) is 0 Å². The van der Waals surface area contributed by atoms with Crippen LogP contribution in [0.1, 0.15) is 37.1 Å². The van der Waals surface area contributed by atoms with Gasteiger partial charge in [-0.1, -0.05) is 0 Å². The number of nitrogens with zero attached hydrogens (tertiary/aromatic N) is 2. The Bertz CT molecular complexity index is 1230. The topological polar surface area (TPSA) is 226 Å². The number of carboxylic acid groups (broad SMARTS) is 1. The number of fused-ring (bicyclic) bond motifs is 1. The Labute approximate surface area is 228 Å². The minimum absolute atomic E-state index is 0.0421. The summed E-state index contributed by atoms with van der Waals surface area (Å²) in [5, 5.41) is 28.6. The number of benzene rings is 1. The van der Waals surface area contributed by atoms with E-state index in [0.29, 0.717) is 35.3 Å². The molecule has 0 radical (unpaired) electrons. The van der Waals surface area contributed by atoms with Gasteiger partial charge in [0.05, 0.1) is 16.6 Å². The molecule has 2 aromatic rings. The zero-order valence-corrected chi connectivity index (χ0v) is 22.1. The van der Waals surface area contributed by atoms with E-state index >= 15 is 0 Å². The first-order valence-corrected chi connectivity index (χ1v) is 12.9. The van der Waals surface area contributed by atoms with Gasteiger partial charge in [0.2, 0.25) is 23.6 Å². The van der Waals surface area contributed by atoms with Crippen LogP contribution in [0.2, 0.25) is 0 Å². The number of amides is 4. The normalized spacial score (nSPS) is 12.1. The molecule has 1 heterocycles. The second-order valence-electron chi connectivity index (χ2n) is 8.40. The predicted octanol–water partition coefficient (Wildman–Crippen LogP) is -0.168. The first-order chi connectivity index (χ1) is 18.7. The molecule has 0 unspecified atom stereocenters. The highest BCUT2D eigenvalue weighted by Crippen LogP contribution is 2.25. The van der Waals surface area contributed by atoms with Crippen LogP contribution in [0.4, 0.5) is 5.69 Å². The fourth-order valence-corrected chi connectivity index (χ4v) is 4.26. The molecule has 1 aromatic carbocycles. The maximum Gasteiger partial charge on any atom is 0.305 e. The molecule has 0 aliphatic carbocycles. The van der Waals surface area contributed by atoms with Crippen molar-refractivity contribution in [2.75, 3.05) is 32.1 Å². The molecule has 0 aliphatic rings. The first kappa shape index (κ1) is 31.1. The molecule has 0 aliphatic heterocycles. The highest BCUT2D eigenvalue weighted by atomic mass is 32.1. The van der Waals surface area contributed by atoms with Crippen molar-refractivity contribution < 1.29 is 33.8 Å². The number of aliphatic carboxylic acids is 1. The minimum atomic E-state index is -1.45. The molecular weight excluding hydrogens is 530 g/mol.